The summed E-state index contributed by atoms with van der Waals surface area (Å²) in [5, 5.41) is 18.0. The van der Waals surface area contributed by atoms with Crippen LogP contribution in [-0.4, -0.2) is 135 Å². The average Bonchev–Trinajstić information content (AvgIpc) is 0.870. The molecule has 20 nitrogen and oxygen atoms in total. The van der Waals surface area contributed by atoms with Crippen LogP contribution in [0.5, 0.6) is 0 Å². The van der Waals surface area contributed by atoms with Crippen molar-refractivity contribution in [2.45, 2.75) is 74.9 Å². The van der Waals surface area contributed by atoms with E-state index in [1.807, 2.05) is 39.1 Å². The number of halogens is 6. The van der Waals surface area contributed by atoms with Gasteiger partial charge in [0.25, 0.3) is 5.91 Å². The largest absolute Gasteiger partial charge is 1.00 e. The molecule has 5 N–H and O–H groups in total. The number of nitrogens with one attached hydrogen (secondary N) is 2. The number of benzene rings is 8. The molecule has 0 fully saturated rings. The number of amides is 1. The van der Waals surface area contributed by atoms with Gasteiger partial charge < -0.3 is 43.2 Å². The number of H-pyrrole nitrogens is 1. The van der Waals surface area contributed by atoms with Crippen molar-refractivity contribution in [1.29, 1.82) is 0 Å². The molecule has 0 unspecified atom stereocenters. The van der Waals surface area contributed by atoms with Gasteiger partial charge in [0, 0.05) is 93.1 Å². The number of aromatic amines is 1. The summed E-state index contributed by atoms with van der Waals surface area (Å²) in [5.41, 5.74) is 13.3. The Hall–Kier alpha value is -9.72. The maximum Gasteiger partial charge on any atom is 1.00 e. The number of methoxy groups -OCH3 is 2. The quantitative estimate of drug-likeness (QED) is 0.00988. The van der Waals surface area contributed by atoms with Crippen molar-refractivity contribution in [3.05, 3.63) is 251 Å². The summed E-state index contributed by atoms with van der Waals surface area (Å²) in [5.74, 6) is 2.80. The van der Waals surface area contributed by atoms with E-state index in [4.69, 9.17) is 27.2 Å². The fourth-order valence-electron chi connectivity index (χ4n) is 10.7. The zero-order valence-electron chi connectivity index (χ0n) is 63.1. The number of rotatable bonds is 21. The number of esters is 2. The van der Waals surface area contributed by atoms with Crippen LogP contribution >= 0.6 is 59.3 Å². The van der Waals surface area contributed by atoms with Gasteiger partial charge in [-0.3, -0.25) is 9.79 Å². The Kier molecular flexibility index (Phi) is 37.4. The molecule has 1 aliphatic heterocycles. The number of carboxylic acids is 1. The Morgan fingerprint density at radius 1 is 0.526 bits per heavy atom. The summed E-state index contributed by atoms with van der Waals surface area (Å²) in [6.45, 7) is 9.38. The van der Waals surface area contributed by atoms with Gasteiger partial charge in [0.15, 0.2) is 23.3 Å². The number of fused-ring (bicyclic) bond motifs is 4. The van der Waals surface area contributed by atoms with Crippen LogP contribution in [0.2, 0.25) is 5.15 Å². The number of carboxylic acid groups (broad SMARTS) is 1. The van der Waals surface area contributed by atoms with Crippen LogP contribution < -0.4 is 40.6 Å². The van der Waals surface area contributed by atoms with Crippen LogP contribution in [0.25, 0.3) is 89.2 Å². The Morgan fingerprint density at radius 3 is 1.25 bits per heavy atom. The molecule has 0 bridgehead atoms. The van der Waals surface area contributed by atoms with Gasteiger partial charge in [-0.05, 0) is 213 Å². The molecule has 0 atom stereocenters. The smallest absolute Gasteiger partial charge is 0.793 e. The van der Waals surface area contributed by atoms with E-state index in [1.54, 1.807) is 151 Å². The van der Waals surface area contributed by atoms with E-state index in [0.717, 1.165) is 110 Å². The van der Waals surface area contributed by atoms with E-state index in [-0.39, 0.29) is 81.9 Å². The standard InChI is InChI=1S/C23H22FN5OS.C18H15FN2O2S.C17H13FN2O2S.C16H10ClFN2O2.C7H12N2.C2H6S.ClH.Na/c1-2-31-23-18-10-7-16(22(30)27-11-3-4-20-25-12-13-26-20)14-19(18)28-21(29-23)15-5-8-17(24)9-6-15;1-3-24-17-14-9-6-12(18(22)23-2)10-15(14)20-16(21-17)11-4-7-13(19)8-5-11;1-2-23-16-13-8-5-11(17(21)22)9-14(13)19-15(20-16)10-3-6-12(18)7-4-10;1-22-16(21)10-4-7-12-13(8-10)19-15(20-14(12)17)9-2-5-11(18)6-3-9;8-5-1-3-7-4-2-6-9-7;1-2-3;;/h5-10,12-14H,2-4,11H2,1H3,(H,25,26)(H,27,30);4-10H,3H2,1-2H3;3-9H,2H2,1H3,(H,21,22);2-8H,1H3;2,6H,1,3-5,8H2;3H,2H2,1H3;1H;/q;;;;;;;+1/p-1. The van der Waals surface area contributed by atoms with Crippen LogP contribution in [0.1, 0.15) is 101 Å². The molecule has 14 rings (SSSR count). The van der Waals surface area contributed by atoms with Gasteiger partial charge in [-0.1, -0.05) is 45.4 Å². The van der Waals surface area contributed by atoms with Gasteiger partial charge in [0.05, 0.1) is 53.0 Å². The number of aryl methyl sites for hydroxylation is 1. The molecule has 0 saturated heterocycles. The molecule has 1 amide bonds. The second-order valence-electron chi connectivity index (χ2n) is 23.8. The first-order chi connectivity index (χ1) is 54.3. The Morgan fingerprint density at radius 2 is 0.895 bits per heavy atom. The predicted octanol–water partition coefficient (Wildman–Crippen LogP) is 16.2. The monoisotopic (exact) mass is 1670 g/mol. The number of thioether (sulfide) groups is 3. The number of carbonyl (C=O) groups is 4. The van der Waals surface area contributed by atoms with E-state index in [1.165, 1.54) is 74.5 Å². The normalized spacial score (nSPS) is 11.0. The molecule has 31 heteroatoms. The molecule has 0 spiro atoms. The molecule has 0 aliphatic carbocycles. The zero-order chi connectivity index (χ0) is 80.1. The van der Waals surface area contributed by atoms with Crippen LogP contribution in [-0.2, 0) is 28.5 Å². The predicted molar refractivity (Wildman–Crippen MR) is 447 cm³/mol. The van der Waals surface area contributed by atoms with Crippen molar-refractivity contribution in [2.75, 3.05) is 50.3 Å². The van der Waals surface area contributed by atoms with E-state index in [2.05, 4.69) is 90.5 Å². The molecule has 5 aromatic heterocycles. The second kappa shape index (κ2) is 46.6. The van der Waals surface area contributed by atoms with Gasteiger partial charge in [-0.2, -0.15) is 5.75 Å². The van der Waals surface area contributed by atoms with Crippen LogP contribution in [0.3, 0.4) is 0 Å². The summed E-state index contributed by atoms with van der Waals surface area (Å²) < 4.78 is 62.0. The summed E-state index contributed by atoms with van der Waals surface area (Å²) in [6, 6.07) is 44.2. The number of aliphatic imine (C=N–C) groups is 1. The Bertz CT molecular complexity index is 5470. The SMILES string of the molecule is CCSc1nc(-c2ccc(F)cc2)nc2cc(C(=O)NCCCc3ncc[nH]3)ccc12.CCSc1nc(-c2ccc(F)cc2)nc2cc(C(=O)O)ccc12.CCSc1nc(-c2ccc(F)cc2)nc2cc(C(=O)OC)ccc12.CC[S-].COC(=O)c1ccc2c(Cl)nc(-c3ccc(F)cc3)nc2c1.Cl.NCCCC1=NC=CC1.[Na+]. The third-order valence-corrected chi connectivity index (χ3v) is 19.0. The first-order valence-electron chi connectivity index (χ1n) is 35.3. The summed E-state index contributed by atoms with van der Waals surface area (Å²) in [4.78, 5) is 94.6. The number of nitrogens with two attached hydrogens (primary N) is 1. The molecular formula is C83H78Cl2F4N13NaO7S4. The van der Waals surface area contributed by atoms with Crippen molar-refractivity contribution >= 4 is 145 Å². The van der Waals surface area contributed by atoms with Crippen molar-refractivity contribution in [1.82, 2.24) is 55.2 Å². The topological polar surface area (TPSA) is 289 Å². The van der Waals surface area contributed by atoms with E-state index < -0.39 is 17.9 Å². The van der Waals surface area contributed by atoms with Crippen molar-refractivity contribution in [2.24, 2.45) is 10.7 Å². The van der Waals surface area contributed by atoms with Crippen molar-refractivity contribution < 1.29 is 80.9 Å². The maximum atomic E-state index is 13.3. The second-order valence-corrected chi connectivity index (χ2v) is 28.5. The van der Waals surface area contributed by atoms with Crippen LogP contribution in [0, 0.1) is 23.3 Å². The zero-order valence-corrected chi connectivity index (χ0v) is 70.0. The van der Waals surface area contributed by atoms with Gasteiger partial charge in [-0.15, -0.1) is 47.7 Å². The van der Waals surface area contributed by atoms with Gasteiger partial charge in [-0.25, -0.2) is 76.8 Å². The molecule has 13 aromatic rings. The third kappa shape index (κ3) is 26.2. The summed E-state index contributed by atoms with van der Waals surface area (Å²) in [6.07, 6.45) is 12.2. The minimum Gasteiger partial charge on any atom is -0.793 e. The fraction of sp³-hybridized carbons (Fsp3) is 0.205. The number of hydrogen-bond donors (Lipinski definition) is 4. The van der Waals surface area contributed by atoms with E-state index >= 15 is 0 Å². The maximum absolute atomic E-state index is 13.3. The summed E-state index contributed by atoms with van der Waals surface area (Å²) >= 11 is 15.3. The first kappa shape index (κ1) is 91.5. The number of imidazole rings is 1. The first-order valence-corrected chi connectivity index (χ1v) is 39.2. The number of aromatic nitrogens is 10. The van der Waals surface area contributed by atoms with Crippen LogP contribution in [0.15, 0.2) is 215 Å². The Labute approximate surface area is 707 Å². The number of aromatic carboxylic acids is 1. The molecule has 114 heavy (non-hydrogen) atoms. The van der Waals surface area contributed by atoms with Crippen LogP contribution in [0.4, 0.5) is 17.6 Å². The third-order valence-electron chi connectivity index (χ3n) is 16.1. The van der Waals surface area contributed by atoms with E-state index in [0.29, 0.717) is 85.1 Å². The number of ether oxygens (including phenoxy) is 2. The average molecular weight is 1670 g/mol. The van der Waals surface area contributed by atoms with E-state index in [9.17, 15) is 36.7 Å². The van der Waals surface area contributed by atoms with Gasteiger partial charge in [0.1, 0.15) is 49.3 Å². The fourth-order valence-corrected chi connectivity index (χ4v) is 13.2. The number of allylic oxidation sites excluding steroid dienone is 1. The van der Waals surface area contributed by atoms with Gasteiger partial charge in [0.2, 0.25) is 0 Å². The van der Waals surface area contributed by atoms with Gasteiger partial charge >= 0.3 is 47.5 Å². The molecule has 0 saturated carbocycles. The molecule has 584 valence electrons. The summed E-state index contributed by atoms with van der Waals surface area (Å²) in [7, 11) is 2.65. The molecule has 6 heterocycles. The molecular weight excluding hydrogens is 1590 g/mol. The molecule has 0 radical (unpaired) electrons. The molecule has 1 aliphatic rings. The van der Waals surface area contributed by atoms with Crippen molar-refractivity contribution in [3.8, 4) is 45.6 Å². The Balaban J connectivity index is 0.000000201. The minimum atomic E-state index is -1.00. The van der Waals surface area contributed by atoms with Crippen molar-refractivity contribution in [3.63, 3.8) is 0 Å². The number of hydrogen-bond acceptors (Lipinski definition) is 21. The number of nitrogens with zero attached hydrogens (tertiary/aromatic N) is 10. The number of carbonyl (C=O) groups excluding carboxylic acids is 3. The minimum absolute atomic E-state index is 0. The molecule has 8 aromatic carbocycles.